The number of rotatable bonds is 5. The second-order valence-corrected chi connectivity index (χ2v) is 5.26. The summed E-state index contributed by atoms with van der Waals surface area (Å²) in [6, 6.07) is 6.48. The van der Waals surface area contributed by atoms with Gasteiger partial charge in [0, 0.05) is 11.9 Å². The molecule has 1 nitrogen and oxygen atoms in total. The van der Waals surface area contributed by atoms with Crippen LogP contribution in [-0.2, 0) is 11.2 Å². The molecule has 0 N–H and O–H groups in total. The number of benzene rings is 1. The Morgan fingerprint density at radius 2 is 1.87 bits per heavy atom. The minimum absolute atomic E-state index is 0.460. The molecule has 0 aliphatic heterocycles. The maximum absolute atomic E-state index is 5.11. The molecule has 0 spiro atoms. The van der Waals surface area contributed by atoms with Crippen LogP contribution in [0.4, 0.5) is 0 Å². The van der Waals surface area contributed by atoms with Crippen LogP contribution in [0.2, 0.25) is 0 Å². The lowest BCUT2D eigenvalue weighted by Crippen LogP contribution is -2.08. The summed E-state index contributed by atoms with van der Waals surface area (Å²) in [6.45, 7) is 5.15. The van der Waals surface area contributed by atoms with Crippen LogP contribution in [-0.4, -0.2) is 18.5 Å². The Hall–Kier alpha value is -0.340. The van der Waals surface area contributed by atoms with Gasteiger partial charge in [0.05, 0.1) is 6.61 Å². The SMILES string of the molecule is COCC(Br)CCc1c(C)cccc1C. The van der Waals surface area contributed by atoms with Crippen LogP contribution >= 0.6 is 15.9 Å². The monoisotopic (exact) mass is 270 g/mol. The van der Waals surface area contributed by atoms with Gasteiger partial charge in [-0.3, -0.25) is 0 Å². The molecule has 1 rings (SSSR count). The van der Waals surface area contributed by atoms with Gasteiger partial charge in [0.2, 0.25) is 0 Å². The smallest absolute Gasteiger partial charge is 0.0587 e. The second-order valence-electron chi connectivity index (χ2n) is 3.96. The van der Waals surface area contributed by atoms with Crippen molar-refractivity contribution in [1.82, 2.24) is 0 Å². The van der Waals surface area contributed by atoms with Crippen LogP contribution in [0.1, 0.15) is 23.1 Å². The third-order valence-corrected chi connectivity index (χ3v) is 3.42. The summed E-state index contributed by atoms with van der Waals surface area (Å²) in [5, 5.41) is 0. The lowest BCUT2D eigenvalue weighted by atomic mass is 9.98. The van der Waals surface area contributed by atoms with Gasteiger partial charge in [-0.1, -0.05) is 34.1 Å². The molecule has 84 valence electrons. The van der Waals surface area contributed by atoms with E-state index in [0.717, 1.165) is 19.4 Å². The molecule has 1 atom stereocenters. The van der Waals surface area contributed by atoms with Crippen molar-refractivity contribution in [1.29, 1.82) is 0 Å². The molecule has 0 aromatic heterocycles. The van der Waals surface area contributed by atoms with Crippen molar-refractivity contribution in [3.63, 3.8) is 0 Å². The Balaban J connectivity index is 2.57. The van der Waals surface area contributed by atoms with Crippen molar-refractivity contribution in [3.8, 4) is 0 Å². The lowest BCUT2D eigenvalue weighted by Gasteiger charge is -2.12. The van der Waals surface area contributed by atoms with Gasteiger partial charge in [0.1, 0.15) is 0 Å². The number of alkyl halides is 1. The van der Waals surface area contributed by atoms with E-state index in [9.17, 15) is 0 Å². The van der Waals surface area contributed by atoms with Crippen molar-refractivity contribution in [3.05, 3.63) is 34.9 Å². The first kappa shape index (κ1) is 12.7. The fourth-order valence-corrected chi connectivity index (χ4v) is 2.30. The van der Waals surface area contributed by atoms with Crippen molar-refractivity contribution >= 4 is 15.9 Å². The topological polar surface area (TPSA) is 9.23 Å². The first-order chi connectivity index (χ1) is 7.15. The quantitative estimate of drug-likeness (QED) is 0.743. The summed E-state index contributed by atoms with van der Waals surface area (Å²) in [5.74, 6) is 0. The van der Waals surface area contributed by atoms with E-state index in [1.807, 2.05) is 0 Å². The average molecular weight is 271 g/mol. The van der Waals surface area contributed by atoms with Crippen LogP contribution in [0.3, 0.4) is 0 Å². The van der Waals surface area contributed by atoms with Gasteiger partial charge in [-0.15, -0.1) is 0 Å². The maximum Gasteiger partial charge on any atom is 0.0587 e. The van der Waals surface area contributed by atoms with Gasteiger partial charge >= 0.3 is 0 Å². The van der Waals surface area contributed by atoms with Crippen molar-refractivity contribution in [2.45, 2.75) is 31.5 Å². The third-order valence-electron chi connectivity index (χ3n) is 2.70. The summed E-state index contributed by atoms with van der Waals surface area (Å²) >= 11 is 3.62. The molecule has 0 fully saturated rings. The summed E-state index contributed by atoms with van der Waals surface area (Å²) in [7, 11) is 1.74. The highest BCUT2D eigenvalue weighted by molar-refractivity contribution is 9.09. The number of methoxy groups -OCH3 is 1. The van der Waals surface area contributed by atoms with E-state index in [0.29, 0.717) is 4.83 Å². The molecule has 2 heteroatoms. The van der Waals surface area contributed by atoms with Gasteiger partial charge in [-0.25, -0.2) is 0 Å². The summed E-state index contributed by atoms with van der Waals surface area (Å²) in [6.07, 6.45) is 2.25. The minimum Gasteiger partial charge on any atom is -0.384 e. The normalized spacial score (nSPS) is 12.8. The Kier molecular flexibility index (Phi) is 5.34. The van der Waals surface area contributed by atoms with Crippen LogP contribution in [0.15, 0.2) is 18.2 Å². The average Bonchev–Trinajstić information content (AvgIpc) is 2.17. The van der Waals surface area contributed by atoms with E-state index in [-0.39, 0.29) is 0 Å². The van der Waals surface area contributed by atoms with E-state index in [4.69, 9.17) is 4.74 Å². The van der Waals surface area contributed by atoms with E-state index in [1.54, 1.807) is 7.11 Å². The van der Waals surface area contributed by atoms with E-state index in [2.05, 4.69) is 48.0 Å². The first-order valence-corrected chi connectivity index (χ1v) is 6.24. The maximum atomic E-state index is 5.11. The van der Waals surface area contributed by atoms with Crippen molar-refractivity contribution in [2.24, 2.45) is 0 Å². The summed E-state index contributed by atoms with van der Waals surface area (Å²) in [4.78, 5) is 0.460. The molecule has 1 aromatic carbocycles. The zero-order valence-corrected chi connectivity index (χ0v) is 11.3. The van der Waals surface area contributed by atoms with Crippen LogP contribution in [0.5, 0.6) is 0 Å². The van der Waals surface area contributed by atoms with Gasteiger partial charge in [-0.05, 0) is 43.4 Å². The largest absolute Gasteiger partial charge is 0.384 e. The standard InChI is InChI=1S/C13H19BrO/c1-10-5-4-6-11(2)13(10)8-7-12(14)9-15-3/h4-6,12H,7-9H2,1-3H3. The van der Waals surface area contributed by atoms with Crippen molar-refractivity contribution in [2.75, 3.05) is 13.7 Å². The molecule has 0 saturated carbocycles. The molecular formula is C13H19BrO. The molecule has 0 radical (unpaired) electrons. The lowest BCUT2D eigenvalue weighted by molar-refractivity contribution is 0.198. The zero-order chi connectivity index (χ0) is 11.3. The molecule has 0 aliphatic carbocycles. The highest BCUT2D eigenvalue weighted by Gasteiger charge is 2.07. The van der Waals surface area contributed by atoms with Gasteiger partial charge < -0.3 is 4.74 Å². The van der Waals surface area contributed by atoms with Gasteiger partial charge in [0.15, 0.2) is 0 Å². The number of ether oxygens (including phenoxy) is 1. The predicted molar refractivity (Wildman–Crippen MR) is 68.8 cm³/mol. The Bertz CT molecular complexity index is 289. The van der Waals surface area contributed by atoms with Crippen LogP contribution < -0.4 is 0 Å². The molecule has 1 aromatic rings. The second kappa shape index (κ2) is 6.29. The molecule has 0 saturated heterocycles. The first-order valence-electron chi connectivity index (χ1n) is 5.33. The minimum atomic E-state index is 0.460. The zero-order valence-electron chi connectivity index (χ0n) is 9.72. The molecule has 0 bridgehead atoms. The number of hydrogen-bond donors (Lipinski definition) is 0. The van der Waals surface area contributed by atoms with Crippen LogP contribution in [0, 0.1) is 13.8 Å². The molecule has 0 heterocycles. The molecule has 0 aliphatic rings. The molecule has 0 amide bonds. The fourth-order valence-electron chi connectivity index (χ4n) is 1.81. The van der Waals surface area contributed by atoms with E-state index in [1.165, 1.54) is 16.7 Å². The molecule has 1 unspecified atom stereocenters. The highest BCUT2D eigenvalue weighted by Crippen LogP contribution is 2.18. The molecular weight excluding hydrogens is 252 g/mol. The van der Waals surface area contributed by atoms with E-state index >= 15 is 0 Å². The van der Waals surface area contributed by atoms with Crippen LogP contribution in [0.25, 0.3) is 0 Å². The molecule has 15 heavy (non-hydrogen) atoms. The van der Waals surface area contributed by atoms with Gasteiger partial charge in [-0.2, -0.15) is 0 Å². The third kappa shape index (κ3) is 3.96. The van der Waals surface area contributed by atoms with Gasteiger partial charge in [0.25, 0.3) is 0 Å². The Labute approximate surface area is 101 Å². The number of hydrogen-bond acceptors (Lipinski definition) is 1. The summed E-state index contributed by atoms with van der Waals surface area (Å²) < 4.78 is 5.11. The summed E-state index contributed by atoms with van der Waals surface area (Å²) in [5.41, 5.74) is 4.28. The Morgan fingerprint density at radius 1 is 1.27 bits per heavy atom. The number of aryl methyl sites for hydroxylation is 2. The highest BCUT2D eigenvalue weighted by atomic mass is 79.9. The van der Waals surface area contributed by atoms with Crippen molar-refractivity contribution < 1.29 is 4.74 Å². The number of halogens is 1. The Morgan fingerprint density at radius 3 is 2.40 bits per heavy atom. The fraction of sp³-hybridized carbons (Fsp3) is 0.538. The van der Waals surface area contributed by atoms with E-state index < -0.39 is 0 Å². The predicted octanol–water partition coefficient (Wildman–Crippen LogP) is 3.65.